The number of piperazine rings is 1. The molecule has 1 aromatic carbocycles. The van der Waals surface area contributed by atoms with E-state index in [1.807, 2.05) is 43.0 Å². The molecule has 1 aliphatic heterocycles. The summed E-state index contributed by atoms with van der Waals surface area (Å²) in [5.41, 5.74) is 2.02. The van der Waals surface area contributed by atoms with Crippen molar-refractivity contribution in [2.45, 2.75) is 32.7 Å². The predicted molar refractivity (Wildman–Crippen MR) is 106 cm³/mol. The van der Waals surface area contributed by atoms with E-state index in [0.717, 1.165) is 43.6 Å². The van der Waals surface area contributed by atoms with Crippen LogP contribution in [-0.4, -0.2) is 70.4 Å². The molecule has 152 valence electrons. The lowest BCUT2D eigenvalue weighted by Crippen LogP contribution is -2.52. The van der Waals surface area contributed by atoms with E-state index in [1.165, 1.54) is 0 Å². The van der Waals surface area contributed by atoms with Gasteiger partial charge in [0.05, 0.1) is 0 Å². The molecule has 0 spiro atoms. The molecule has 2 aromatic rings. The third-order valence-corrected chi connectivity index (χ3v) is 4.97. The quantitative estimate of drug-likeness (QED) is 0.708. The number of aliphatic hydroxyl groups excluding tert-OH is 1. The Balaban J connectivity index is 1.50. The van der Waals surface area contributed by atoms with Crippen LogP contribution in [0.4, 0.5) is 4.79 Å². The molecule has 2 amide bonds. The van der Waals surface area contributed by atoms with Gasteiger partial charge in [-0.1, -0.05) is 28.9 Å². The Morgan fingerprint density at radius 1 is 1.29 bits per heavy atom. The van der Waals surface area contributed by atoms with Crippen LogP contribution in [0.25, 0.3) is 11.4 Å². The van der Waals surface area contributed by atoms with E-state index in [-0.39, 0.29) is 18.7 Å². The largest absolute Gasteiger partial charge is 0.396 e. The minimum Gasteiger partial charge on any atom is -0.396 e. The number of aryl methyl sites for hydroxylation is 1. The first-order chi connectivity index (χ1) is 13.6. The Labute approximate surface area is 165 Å². The van der Waals surface area contributed by atoms with Gasteiger partial charge < -0.3 is 19.8 Å². The molecule has 1 aliphatic rings. The maximum Gasteiger partial charge on any atom is 0.318 e. The van der Waals surface area contributed by atoms with Crippen molar-refractivity contribution in [3.63, 3.8) is 0 Å². The second-order valence-electron chi connectivity index (χ2n) is 7.26. The van der Waals surface area contributed by atoms with E-state index in [4.69, 9.17) is 9.63 Å². The fourth-order valence-corrected chi connectivity index (χ4v) is 3.27. The SMILES string of the molecule is Cc1cccc(-c2noc([C@@H](C)NC(=O)N3CCN(CCCCO)CC3)n2)c1. The molecule has 2 heterocycles. The van der Waals surface area contributed by atoms with Crippen LogP contribution < -0.4 is 5.32 Å². The van der Waals surface area contributed by atoms with E-state index in [1.54, 1.807) is 0 Å². The number of rotatable bonds is 7. The Morgan fingerprint density at radius 3 is 2.79 bits per heavy atom. The Kier molecular flexibility index (Phi) is 7.00. The highest BCUT2D eigenvalue weighted by molar-refractivity contribution is 5.74. The first kappa shape index (κ1) is 20.3. The number of amides is 2. The van der Waals surface area contributed by atoms with Crippen molar-refractivity contribution in [1.29, 1.82) is 0 Å². The lowest BCUT2D eigenvalue weighted by molar-refractivity contribution is 0.133. The number of nitrogens with one attached hydrogen (secondary N) is 1. The molecule has 1 atom stereocenters. The first-order valence-electron chi connectivity index (χ1n) is 9.86. The normalized spacial score (nSPS) is 16.2. The topological polar surface area (TPSA) is 94.7 Å². The number of aromatic nitrogens is 2. The van der Waals surface area contributed by atoms with Gasteiger partial charge in [0.15, 0.2) is 0 Å². The van der Waals surface area contributed by atoms with Gasteiger partial charge in [-0.05, 0) is 39.3 Å². The minimum atomic E-state index is -0.360. The lowest BCUT2D eigenvalue weighted by atomic mass is 10.1. The highest BCUT2D eigenvalue weighted by atomic mass is 16.5. The third kappa shape index (κ3) is 5.30. The van der Waals surface area contributed by atoms with E-state index in [9.17, 15) is 4.79 Å². The van der Waals surface area contributed by atoms with Crippen molar-refractivity contribution in [3.8, 4) is 11.4 Å². The molecular weight excluding hydrogens is 358 g/mol. The lowest BCUT2D eigenvalue weighted by Gasteiger charge is -2.35. The number of unbranched alkanes of at least 4 members (excludes halogenated alkanes) is 1. The number of urea groups is 1. The van der Waals surface area contributed by atoms with Crippen molar-refractivity contribution in [2.24, 2.45) is 0 Å². The van der Waals surface area contributed by atoms with Crippen LogP contribution in [0.15, 0.2) is 28.8 Å². The van der Waals surface area contributed by atoms with Crippen molar-refractivity contribution < 1.29 is 14.4 Å². The first-order valence-corrected chi connectivity index (χ1v) is 9.86. The van der Waals surface area contributed by atoms with Crippen molar-refractivity contribution >= 4 is 6.03 Å². The standard InChI is InChI=1S/C20H29N5O3/c1-15-6-5-7-17(14-15)18-22-19(28-23-18)16(2)21-20(27)25-11-9-24(10-12-25)8-3-4-13-26/h5-7,14,16,26H,3-4,8-13H2,1-2H3,(H,21,27)/t16-/m1/s1. The number of aliphatic hydroxyl groups is 1. The van der Waals surface area contributed by atoms with Crippen LogP contribution in [0.2, 0.25) is 0 Å². The summed E-state index contributed by atoms with van der Waals surface area (Å²) in [6.45, 7) is 8.15. The van der Waals surface area contributed by atoms with Gasteiger partial charge in [-0.15, -0.1) is 0 Å². The average Bonchev–Trinajstić information content (AvgIpc) is 3.19. The summed E-state index contributed by atoms with van der Waals surface area (Å²) in [6, 6.07) is 7.43. The number of benzene rings is 1. The van der Waals surface area contributed by atoms with Gasteiger partial charge in [0.2, 0.25) is 11.7 Å². The zero-order chi connectivity index (χ0) is 19.9. The molecule has 8 nitrogen and oxygen atoms in total. The molecule has 1 saturated heterocycles. The smallest absolute Gasteiger partial charge is 0.318 e. The summed E-state index contributed by atoms with van der Waals surface area (Å²) in [6.07, 6.45) is 1.81. The second kappa shape index (κ2) is 9.66. The van der Waals surface area contributed by atoms with Crippen LogP contribution in [0, 0.1) is 6.92 Å². The summed E-state index contributed by atoms with van der Waals surface area (Å²) >= 11 is 0. The number of hydrogen-bond acceptors (Lipinski definition) is 6. The van der Waals surface area contributed by atoms with Gasteiger partial charge in [0, 0.05) is 38.3 Å². The summed E-state index contributed by atoms with van der Waals surface area (Å²) in [5.74, 6) is 0.920. The number of carbonyl (C=O) groups is 1. The molecule has 0 radical (unpaired) electrons. The Hall–Kier alpha value is -2.45. The van der Waals surface area contributed by atoms with Gasteiger partial charge in [0.1, 0.15) is 6.04 Å². The predicted octanol–water partition coefficient (Wildman–Crippen LogP) is 2.21. The zero-order valence-corrected chi connectivity index (χ0v) is 16.6. The van der Waals surface area contributed by atoms with E-state index in [2.05, 4.69) is 20.4 Å². The van der Waals surface area contributed by atoms with Crippen LogP contribution in [0.1, 0.15) is 37.3 Å². The maximum atomic E-state index is 12.5. The van der Waals surface area contributed by atoms with Gasteiger partial charge in [-0.2, -0.15) is 4.98 Å². The molecule has 1 fully saturated rings. The summed E-state index contributed by atoms with van der Waals surface area (Å²) in [7, 11) is 0. The van der Waals surface area contributed by atoms with Crippen molar-refractivity contribution in [2.75, 3.05) is 39.3 Å². The molecule has 3 rings (SSSR count). The Bertz CT molecular complexity index is 771. The number of carbonyl (C=O) groups excluding carboxylic acids is 1. The van der Waals surface area contributed by atoms with Gasteiger partial charge in [0.25, 0.3) is 0 Å². The van der Waals surface area contributed by atoms with E-state index < -0.39 is 0 Å². The maximum absolute atomic E-state index is 12.5. The fraction of sp³-hybridized carbons (Fsp3) is 0.550. The van der Waals surface area contributed by atoms with Gasteiger partial charge in [-0.3, -0.25) is 4.90 Å². The van der Waals surface area contributed by atoms with E-state index in [0.29, 0.717) is 24.8 Å². The van der Waals surface area contributed by atoms with E-state index >= 15 is 0 Å². The average molecular weight is 387 g/mol. The molecule has 0 saturated carbocycles. The van der Waals surface area contributed by atoms with Gasteiger partial charge >= 0.3 is 6.03 Å². The highest BCUT2D eigenvalue weighted by Crippen LogP contribution is 2.19. The summed E-state index contributed by atoms with van der Waals surface area (Å²) < 4.78 is 5.36. The zero-order valence-electron chi connectivity index (χ0n) is 16.6. The van der Waals surface area contributed by atoms with Crippen molar-refractivity contribution in [3.05, 3.63) is 35.7 Å². The molecule has 28 heavy (non-hydrogen) atoms. The number of hydrogen-bond donors (Lipinski definition) is 2. The minimum absolute atomic E-state index is 0.113. The Morgan fingerprint density at radius 2 is 2.07 bits per heavy atom. The molecule has 1 aromatic heterocycles. The molecule has 0 bridgehead atoms. The van der Waals surface area contributed by atoms with Crippen LogP contribution in [0.3, 0.4) is 0 Å². The molecule has 0 unspecified atom stereocenters. The van der Waals surface area contributed by atoms with Crippen molar-refractivity contribution in [1.82, 2.24) is 25.3 Å². The van der Waals surface area contributed by atoms with Crippen LogP contribution in [0.5, 0.6) is 0 Å². The fourth-order valence-electron chi connectivity index (χ4n) is 3.27. The molecule has 0 aliphatic carbocycles. The highest BCUT2D eigenvalue weighted by Gasteiger charge is 2.24. The van der Waals surface area contributed by atoms with Gasteiger partial charge in [-0.25, -0.2) is 4.79 Å². The summed E-state index contributed by atoms with van der Waals surface area (Å²) in [5, 5.41) is 15.9. The van der Waals surface area contributed by atoms with Crippen LogP contribution in [-0.2, 0) is 0 Å². The molecule has 2 N–H and O–H groups in total. The molecular formula is C20H29N5O3. The number of nitrogens with zero attached hydrogens (tertiary/aromatic N) is 4. The van der Waals surface area contributed by atoms with Crippen LogP contribution >= 0.6 is 0 Å². The molecule has 8 heteroatoms. The third-order valence-electron chi connectivity index (χ3n) is 4.97. The second-order valence-corrected chi connectivity index (χ2v) is 7.26. The monoisotopic (exact) mass is 387 g/mol. The summed E-state index contributed by atoms with van der Waals surface area (Å²) in [4.78, 5) is 21.1.